The molecular weight excluding hydrogens is 248 g/mol. The lowest BCUT2D eigenvalue weighted by Crippen LogP contribution is -2.34. The van der Waals surface area contributed by atoms with Gasteiger partial charge >= 0.3 is 0 Å². The number of nitrogens with one attached hydrogen (secondary N) is 1. The Labute approximate surface area is 110 Å². The number of rotatable bonds is 5. The number of imide groups is 1. The van der Waals surface area contributed by atoms with Gasteiger partial charge < -0.3 is 0 Å². The molecule has 0 spiro atoms. The maximum absolute atomic E-state index is 12.0. The maximum atomic E-state index is 12.0. The minimum atomic E-state index is -0.363. The number of nitrogens with zero attached hydrogens (tertiary/aromatic N) is 1. The van der Waals surface area contributed by atoms with Gasteiger partial charge in [0.1, 0.15) is 0 Å². The van der Waals surface area contributed by atoms with Crippen LogP contribution in [0.3, 0.4) is 0 Å². The van der Waals surface area contributed by atoms with E-state index in [9.17, 15) is 14.4 Å². The van der Waals surface area contributed by atoms with Gasteiger partial charge in [0, 0.05) is 13.0 Å². The van der Waals surface area contributed by atoms with Crippen molar-refractivity contribution in [2.45, 2.75) is 13.3 Å². The summed E-state index contributed by atoms with van der Waals surface area (Å²) in [6.45, 7) is 2.15. The summed E-state index contributed by atoms with van der Waals surface area (Å²) in [5.41, 5.74) is 2.99. The molecule has 0 aromatic heterocycles. The summed E-state index contributed by atoms with van der Waals surface area (Å²) in [5, 5.41) is 0. The molecule has 6 nitrogen and oxygen atoms in total. The standard InChI is InChI=1S/C13H14N2O4/c1-2-19-14-11(16)7-8-15-12(17)9-5-3-4-6-10(9)13(15)18/h3-6H,2,7-8H2,1H3,(H,14,16). The molecule has 19 heavy (non-hydrogen) atoms. The van der Waals surface area contributed by atoms with Crippen LogP contribution in [0, 0.1) is 0 Å². The normalized spacial score (nSPS) is 13.6. The van der Waals surface area contributed by atoms with E-state index < -0.39 is 0 Å². The van der Waals surface area contributed by atoms with Gasteiger partial charge in [-0.05, 0) is 19.1 Å². The second-order valence-electron chi connectivity index (χ2n) is 4.02. The molecule has 0 saturated carbocycles. The molecule has 6 heteroatoms. The molecular formula is C13H14N2O4. The zero-order chi connectivity index (χ0) is 13.8. The van der Waals surface area contributed by atoms with E-state index in [2.05, 4.69) is 5.48 Å². The SMILES string of the molecule is CCONC(=O)CCN1C(=O)c2ccccc2C1=O. The first-order chi connectivity index (χ1) is 9.15. The van der Waals surface area contributed by atoms with Crippen molar-refractivity contribution in [2.24, 2.45) is 0 Å². The topological polar surface area (TPSA) is 75.7 Å². The van der Waals surface area contributed by atoms with Crippen LogP contribution in [-0.4, -0.2) is 35.8 Å². The van der Waals surface area contributed by atoms with Gasteiger partial charge in [0.15, 0.2) is 0 Å². The van der Waals surface area contributed by atoms with E-state index in [1.165, 1.54) is 0 Å². The zero-order valence-electron chi connectivity index (χ0n) is 10.5. The third-order valence-electron chi connectivity index (χ3n) is 2.77. The third-order valence-corrected chi connectivity index (χ3v) is 2.77. The number of amides is 3. The quantitative estimate of drug-likeness (QED) is 0.627. The van der Waals surface area contributed by atoms with E-state index in [1.807, 2.05) is 0 Å². The van der Waals surface area contributed by atoms with Crippen molar-refractivity contribution in [3.63, 3.8) is 0 Å². The van der Waals surface area contributed by atoms with Gasteiger partial charge in [0.2, 0.25) is 5.91 Å². The van der Waals surface area contributed by atoms with Gasteiger partial charge in [-0.2, -0.15) is 0 Å². The number of carbonyl (C=O) groups is 3. The molecule has 1 aliphatic heterocycles. The summed E-state index contributed by atoms with van der Waals surface area (Å²) in [5.74, 6) is -1.08. The highest BCUT2D eigenvalue weighted by Crippen LogP contribution is 2.22. The Balaban J connectivity index is 1.99. The Morgan fingerprint density at radius 3 is 2.32 bits per heavy atom. The van der Waals surface area contributed by atoms with Crippen molar-refractivity contribution < 1.29 is 19.2 Å². The van der Waals surface area contributed by atoms with Crippen LogP contribution in [0.5, 0.6) is 0 Å². The summed E-state index contributed by atoms with van der Waals surface area (Å²) >= 11 is 0. The van der Waals surface area contributed by atoms with Crippen LogP contribution >= 0.6 is 0 Å². The van der Waals surface area contributed by atoms with Crippen molar-refractivity contribution in [1.82, 2.24) is 10.4 Å². The highest BCUT2D eigenvalue weighted by molar-refractivity contribution is 6.21. The summed E-state index contributed by atoms with van der Waals surface area (Å²) < 4.78 is 0. The van der Waals surface area contributed by atoms with E-state index in [-0.39, 0.29) is 30.7 Å². The van der Waals surface area contributed by atoms with Crippen LogP contribution < -0.4 is 5.48 Å². The number of hydrogen-bond donors (Lipinski definition) is 1. The molecule has 0 saturated heterocycles. The molecule has 1 N–H and O–H groups in total. The van der Waals surface area contributed by atoms with E-state index in [4.69, 9.17) is 4.84 Å². The van der Waals surface area contributed by atoms with E-state index in [0.717, 1.165) is 4.90 Å². The fraction of sp³-hybridized carbons (Fsp3) is 0.308. The van der Waals surface area contributed by atoms with E-state index in [0.29, 0.717) is 17.7 Å². The van der Waals surface area contributed by atoms with Gasteiger partial charge in [-0.25, -0.2) is 5.48 Å². The van der Waals surface area contributed by atoms with E-state index >= 15 is 0 Å². The Morgan fingerprint density at radius 2 is 1.79 bits per heavy atom. The lowest BCUT2D eigenvalue weighted by Gasteiger charge is -2.13. The highest BCUT2D eigenvalue weighted by atomic mass is 16.6. The van der Waals surface area contributed by atoms with Crippen molar-refractivity contribution in [1.29, 1.82) is 0 Å². The predicted octanol–water partition coefficient (Wildman–Crippen LogP) is 0.740. The van der Waals surface area contributed by atoms with Gasteiger partial charge in [-0.15, -0.1) is 0 Å². The van der Waals surface area contributed by atoms with Gasteiger partial charge in [0.05, 0.1) is 17.7 Å². The van der Waals surface area contributed by atoms with Crippen molar-refractivity contribution in [3.05, 3.63) is 35.4 Å². The molecule has 0 radical (unpaired) electrons. The summed E-state index contributed by atoms with van der Waals surface area (Å²) in [6, 6.07) is 6.62. The van der Waals surface area contributed by atoms with Crippen LogP contribution in [0.15, 0.2) is 24.3 Å². The molecule has 0 fully saturated rings. The largest absolute Gasteiger partial charge is 0.274 e. The van der Waals surface area contributed by atoms with Crippen molar-refractivity contribution >= 4 is 17.7 Å². The maximum Gasteiger partial charge on any atom is 0.261 e. The molecule has 1 heterocycles. The zero-order valence-corrected chi connectivity index (χ0v) is 10.5. The average molecular weight is 262 g/mol. The molecule has 100 valence electrons. The molecule has 3 amide bonds. The highest BCUT2D eigenvalue weighted by Gasteiger charge is 2.34. The Kier molecular flexibility index (Phi) is 3.91. The predicted molar refractivity (Wildman–Crippen MR) is 66.2 cm³/mol. The van der Waals surface area contributed by atoms with Gasteiger partial charge in [-0.3, -0.25) is 24.1 Å². The first kappa shape index (κ1) is 13.2. The molecule has 1 aliphatic rings. The number of carbonyl (C=O) groups excluding carboxylic acids is 3. The Bertz CT molecular complexity index is 492. The first-order valence-electron chi connectivity index (χ1n) is 6.01. The number of hydroxylamine groups is 1. The smallest absolute Gasteiger partial charge is 0.261 e. The Hall–Kier alpha value is -2.21. The van der Waals surface area contributed by atoms with Crippen LogP contribution in [-0.2, 0) is 9.63 Å². The van der Waals surface area contributed by atoms with Crippen LogP contribution in [0.1, 0.15) is 34.1 Å². The minimum Gasteiger partial charge on any atom is -0.274 e. The number of fused-ring (bicyclic) bond motifs is 1. The van der Waals surface area contributed by atoms with Gasteiger partial charge in [-0.1, -0.05) is 12.1 Å². The fourth-order valence-electron chi connectivity index (χ4n) is 1.86. The number of benzene rings is 1. The van der Waals surface area contributed by atoms with Crippen LogP contribution in [0.4, 0.5) is 0 Å². The van der Waals surface area contributed by atoms with Crippen LogP contribution in [0.25, 0.3) is 0 Å². The summed E-state index contributed by atoms with van der Waals surface area (Å²) in [7, 11) is 0. The molecule has 2 rings (SSSR count). The molecule has 0 bridgehead atoms. The molecule has 0 atom stereocenters. The third kappa shape index (κ3) is 2.63. The molecule has 1 aromatic carbocycles. The average Bonchev–Trinajstić information content (AvgIpc) is 2.67. The molecule has 0 aliphatic carbocycles. The first-order valence-corrected chi connectivity index (χ1v) is 6.01. The minimum absolute atomic E-state index is 0.0193. The second-order valence-corrected chi connectivity index (χ2v) is 4.02. The molecule has 0 unspecified atom stereocenters. The fourth-order valence-corrected chi connectivity index (χ4v) is 1.86. The Morgan fingerprint density at radius 1 is 1.21 bits per heavy atom. The summed E-state index contributed by atoms with van der Waals surface area (Å²) in [4.78, 5) is 41.1. The lowest BCUT2D eigenvalue weighted by molar-refractivity contribution is -0.133. The van der Waals surface area contributed by atoms with Crippen molar-refractivity contribution in [3.8, 4) is 0 Å². The van der Waals surface area contributed by atoms with Crippen LogP contribution in [0.2, 0.25) is 0 Å². The summed E-state index contributed by atoms with van der Waals surface area (Å²) in [6.07, 6.45) is 0.0193. The molecule has 1 aromatic rings. The second kappa shape index (κ2) is 5.62. The van der Waals surface area contributed by atoms with Gasteiger partial charge in [0.25, 0.3) is 11.8 Å². The van der Waals surface area contributed by atoms with E-state index in [1.54, 1.807) is 31.2 Å². The number of hydrogen-bond acceptors (Lipinski definition) is 4. The lowest BCUT2D eigenvalue weighted by atomic mass is 10.1. The monoisotopic (exact) mass is 262 g/mol. The van der Waals surface area contributed by atoms with Crippen molar-refractivity contribution in [2.75, 3.05) is 13.2 Å².